The van der Waals surface area contributed by atoms with Crippen molar-refractivity contribution in [3.63, 3.8) is 0 Å². The number of carboxylic acid groups (broad SMARTS) is 1. The first-order valence-corrected chi connectivity index (χ1v) is 6.87. The number of aromatic carboxylic acids is 1. The molecule has 1 aliphatic rings. The fraction of sp³-hybridized carbons (Fsp3) is 0.143. The van der Waals surface area contributed by atoms with Crippen LogP contribution in [0.25, 0.3) is 10.1 Å². The van der Waals surface area contributed by atoms with Crippen molar-refractivity contribution in [3.05, 3.63) is 33.7 Å². The minimum absolute atomic E-state index is 0.0328. The number of rotatable bonds is 3. The molecule has 1 aromatic heterocycles. The molecule has 2 aromatic rings. The molecule has 0 unspecified atom stereocenters. The van der Waals surface area contributed by atoms with Crippen LogP contribution in [0.3, 0.4) is 0 Å². The van der Waals surface area contributed by atoms with Crippen molar-refractivity contribution in [1.29, 1.82) is 0 Å². The average molecular weight is 304 g/mol. The zero-order valence-corrected chi connectivity index (χ0v) is 11.6. The van der Waals surface area contributed by atoms with Gasteiger partial charge < -0.3 is 9.84 Å². The molecule has 0 fully saturated rings. The molecular weight excluding hydrogens is 296 g/mol. The van der Waals surface area contributed by atoms with E-state index in [1.807, 2.05) is 0 Å². The number of carboxylic acids is 1. The fourth-order valence-corrected chi connectivity index (χ4v) is 3.48. The largest absolute Gasteiger partial charge is 0.478 e. The number of carbonyl (C=O) groups excluding carboxylic acids is 3. The number of thiophene rings is 1. The quantitative estimate of drug-likeness (QED) is 0.689. The van der Waals surface area contributed by atoms with Crippen molar-refractivity contribution < 1.29 is 29.0 Å². The topological polar surface area (TPSA) is 97.7 Å². The molecule has 6 nitrogen and oxygen atoms in total. The number of Topliss-reactive ketones (excluding diaryl/α,β-unsaturated/α-hetero) is 2. The van der Waals surface area contributed by atoms with Gasteiger partial charge >= 0.3 is 11.9 Å². The Kier molecular flexibility index (Phi) is 2.87. The molecule has 21 heavy (non-hydrogen) atoms. The number of esters is 1. The Balaban J connectivity index is 2.34. The summed E-state index contributed by atoms with van der Waals surface area (Å²) in [6, 6.07) is 2.52. The van der Waals surface area contributed by atoms with Crippen LogP contribution in [-0.4, -0.2) is 35.2 Å². The van der Waals surface area contributed by atoms with E-state index in [1.165, 1.54) is 12.1 Å². The second kappa shape index (κ2) is 4.49. The highest BCUT2D eigenvalue weighted by Gasteiger charge is 2.38. The van der Waals surface area contributed by atoms with E-state index >= 15 is 0 Å². The number of carbonyl (C=O) groups is 4. The normalized spacial score (nSPS) is 13.0. The SMILES string of the molecule is CCOC(=O)c1sc2cc(C(=O)O)cc3c2c1C(=O)C3=O. The summed E-state index contributed by atoms with van der Waals surface area (Å²) in [7, 11) is 0. The van der Waals surface area contributed by atoms with E-state index in [2.05, 4.69) is 0 Å². The third kappa shape index (κ3) is 1.78. The number of ether oxygens (including phenoxy) is 1. The second-order valence-corrected chi connectivity index (χ2v) is 5.44. The van der Waals surface area contributed by atoms with Gasteiger partial charge in [0.25, 0.3) is 0 Å². The molecule has 0 bridgehead atoms. The molecule has 1 heterocycles. The molecule has 0 aliphatic heterocycles. The minimum Gasteiger partial charge on any atom is -0.478 e. The van der Waals surface area contributed by atoms with Crippen LogP contribution in [-0.2, 0) is 4.74 Å². The van der Waals surface area contributed by atoms with Gasteiger partial charge in [-0.15, -0.1) is 11.3 Å². The number of hydrogen-bond acceptors (Lipinski definition) is 6. The van der Waals surface area contributed by atoms with Crippen molar-refractivity contribution in [2.24, 2.45) is 0 Å². The summed E-state index contributed by atoms with van der Waals surface area (Å²) in [5.74, 6) is -3.46. The molecule has 1 aromatic carbocycles. The molecular formula is C14H8O6S. The van der Waals surface area contributed by atoms with Crippen LogP contribution in [0, 0.1) is 0 Å². The van der Waals surface area contributed by atoms with E-state index in [0.29, 0.717) is 10.1 Å². The van der Waals surface area contributed by atoms with E-state index in [9.17, 15) is 19.2 Å². The molecule has 7 heteroatoms. The van der Waals surface area contributed by atoms with Gasteiger partial charge in [0.1, 0.15) is 4.88 Å². The summed E-state index contributed by atoms with van der Waals surface area (Å²) in [4.78, 5) is 47.0. The molecule has 0 atom stereocenters. The van der Waals surface area contributed by atoms with E-state index in [4.69, 9.17) is 9.84 Å². The van der Waals surface area contributed by atoms with Crippen LogP contribution in [0.15, 0.2) is 12.1 Å². The highest BCUT2D eigenvalue weighted by atomic mass is 32.1. The zero-order chi connectivity index (χ0) is 15.3. The zero-order valence-electron chi connectivity index (χ0n) is 10.8. The van der Waals surface area contributed by atoms with Gasteiger partial charge in [-0.2, -0.15) is 0 Å². The third-order valence-corrected chi connectivity index (χ3v) is 4.29. The molecule has 106 valence electrons. The Labute approximate surface area is 121 Å². The van der Waals surface area contributed by atoms with E-state index in [-0.39, 0.29) is 28.2 Å². The lowest BCUT2D eigenvalue weighted by Crippen LogP contribution is -2.12. The first kappa shape index (κ1) is 13.4. The van der Waals surface area contributed by atoms with E-state index in [0.717, 1.165) is 11.3 Å². The summed E-state index contributed by atoms with van der Waals surface area (Å²) < 4.78 is 5.29. The average Bonchev–Trinajstić information content (AvgIpc) is 2.94. The summed E-state index contributed by atoms with van der Waals surface area (Å²) in [5, 5.41) is 9.40. The van der Waals surface area contributed by atoms with Crippen LogP contribution in [0.5, 0.6) is 0 Å². The van der Waals surface area contributed by atoms with E-state index < -0.39 is 23.5 Å². The minimum atomic E-state index is -1.20. The Morgan fingerprint density at radius 3 is 2.57 bits per heavy atom. The van der Waals surface area contributed by atoms with Gasteiger partial charge in [0.15, 0.2) is 0 Å². The molecule has 0 radical (unpaired) electrons. The maximum atomic E-state index is 12.1. The monoisotopic (exact) mass is 304 g/mol. The van der Waals surface area contributed by atoms with Gasteiger partial charge in [0.05, 0.1) is 17.7 Å². The maximum absolute atomic E-state index is 12.1. The number of hydrogen-bond donors (Lipinski definition) is 1. The predicted molar refractivity (Wildman–Crippen MR) is 73.4 cm³/mol. The third-order valence-electron chi connectivity index (χ3n) is 3.18. The first-order chi connectivity index (χ1) is 9.95. The molecule has 0 saturated carbocycles. The molecule has 0 amide bonds. The molecule has 1 N–H and O–H groups in total. The lowest BCUT2D eigenvalue weighted by molar-refractivity contribution is 0.0529. The molecule has 0 saturated heterocycles. The lowest BCUT2D eigenvalue weighted by Gasteiger charge is -2.00. The van der Waals surface area contributed by atoms with Crippen LogP contribution in [0.1, 0.15) is 47.7 Å². The standard InChI is InChI=1S/C14H8O6S/c1-2-20-14(19)12-9-8-6(10(15)11(9)16)3-5(13(17)18)4-7(8)21-12/h3-4H,2H2,1H3,(H,17,18). The van der Waals surface area contributed by atoms with Crippen molar-refractivity contribution in [3.8, 4) is 0 Å². The van der Waals surface area contributed by atoms with Crippen molar-refractivity contribution >= 4 is 44.9 Å². The predicted octanol–water partition coefficient (Wildman–Crippen LogP) is 2.16. The maximum Gasteiger partial charge on any atom is 0.349 e. The summed E-state index contributed by atoms with van der Waals surface area (Å²) in [5.41, 5.74) is -0.0224. The highest BCUT2D eigenvalue weighted by Crippen LogP contribution is 2.40. The van der Waals surface area contributed by atoms with Gasteiger partial charge in [-0.25, -0.2) is 9.59 Å². The summed E-state index contributed by atoms with van der Waals surface area (Å²) in [6.07, 6.45) is 0. The summed E-state index contributed by atoms with van der Waals surface area (Å²) in [6.45, 7) is 1.77. The highest BCUT2D eigenvalue weighted by molar-refractivity contribution is 7.21. The van der Waals surface area contributed by atoms with Crippen LogP contribution >= 0.6 is 11.3 Å². The van der Waals surface area contributed by atoms with Gasteiger partial charge in [0.2, 0.25) is 11.6 Å². The molecule has 0 spiro atoms. The van der Waals surface area contributed by atoms with Gasteiger partial charge in [-0.05, 0) is 19.1 Å². The van der Waals surface area contributed by atoms with Gasteiger partial charge in [-0.3, -0.25) is 9.59 Å². The van der Waals surface area contributed by atoms with Crippen LogP contribution in [0.2, 0.25) is 0 Å². The Hall–Kier alpha value is -2.54. The Bertz CT molecular complexity index is 845. The fourth-order valence-electron chi connectivity index (χ4n) is 2.32. The van der Waals surface area contributed by atoms with Gasteiger partial charge in [-0.1, -0.05) is 0 Å². The van der Waals surface area contributed by atoms with E-state index in [1.54, 1.807) is 6.92 Å². The first-order valence-electron chi connectivity index (χ1n) is 6.05. The van der Waals surface area contributed by atoms with Crippen molar-refractivity contribution in [2.75, 3.05) is 6.61 Å². The van der Waals surface area contributed by atoms with Crippen LogP contribution < -0.4 is 0 Å². The Morgan fingerprint density at radius 2 is 1.95 bits per heavy atom. The van der Waals surface area contributed by atoms with Crippen LogP contribution in [0.4, 0.5) is 0 Å². The molecule has 1 aliphatic carbocycles. The van der Waals surface area contributed by atoms with Gasteiger partial charge in [0, 0.05) is 15.6 Å². The summed E-state index contributed by atoms with van der Waals surface area (Å²) >= 11 is 0.964. The van der Waals surface area contributed by atoms with Crippen molar-refractivity contribution in [1.82, 2.24) is 0 Å². The van der Waals surface area contributed by atoms with Crippen molar-refractivity contribution in [2.45, 2.75) is 6.92 Å². The Morgan fingerprint density at radius 1 is 1.24 bits per heavy atom. The number of benzene rings is 1. The second-order valence-electron chi connectivity index (χ2n) is 4.39. The lowest BCUT2D eigenvalue weighted by atomic mass is 10.1. The molecule has 3 rings (SSSR count). The number of ketones is 2. The smallest absolute Gasteiger partial charge is 0.349 e.